The van der Waals surface area contributed by atoms with Crippen molar-refractivity contribution >= 4 is 44.0 Å². The molecule has 0 saturated heterocycles. The maximum absolute atomic E-state index is 13.7. The van der Waals surface area contributed by atoms with Crippen LogP contribution in [0.25, 0.3) is 10.9 Å². The molecule has 7 nitrogen and oxygen atoms in total. The molecule has 10 heteroatoms. The van der Waals surface area contributed by atoms with Gasteiger partial charge in [0.15, 0.2) is 0 Å². The Balaban J connectivity index is 1.93. The number of rotatable bonds is 7. The molecule has 0 fully saturated rings. The van der Waals surface area contributed by atoms with Crippen LogP contribution in [0.3, 0.4) is 0 Å². The van der Waals surface area contributed by atoms with Crippen LogP contribution >= 0.6 is 11.6 Å². The first-order valence-corrected chi connectivity index (χ1v) is 11.9. The van der Waals surface area contributed by atoms with Gasteiger partial charge in [0.25, 0.3) is 5.56 Å². The van der Waals surface area contributed by atoms with Crippen LogP contribution in [-0.4, -0.2) is 31.2 Å². The molecule has 0 amide bonds. The molecular formula is C21H24ClFN4O3S. The molecular weight excluding hydrogens is 443 g/mol. The first-order valence-electron chi connectivity index (χ1n) is 9.68. The second-order valence-corrected chi connectivity index (χ2v) is 10.2. The Morgan fingerprint density at radius 2 is 1.94 bits per heavy atom. The molecule has 0 radical (unpaired) electrons. The predicted octanol–water partition coefficient (Wildman–Crippen LogP) is 4.31. The number of benzene rings is 1. The number of aromatic amines is 1. The van der Waals surface area contributed by atoms with Crippen molar-refractivity contribution in [3.8, 4) is 0 Å². The van der Waals surface area contributed by atoms with Gasteiger partial charge < -0.3 is 10.3 Å². The number of H-pyrrole nitrogens is 1. The minimum atomic E-state index is -3.47. The first-order chi connectivity index (χ1) is 14.5. The van der Waals surface area contributed by atoms with Gasteiger partial charge >= 0.3 is 0 Å². The van der Waals surface area contributed by atoms with E-state index in [2.05, 4.69) is 15.3 Å². The molecule has 0 unspecified atom stereocenters. The van der Waals surface area contributed by atoms with E-state index >= 15 is 0 Å². The number of nitrogens with one attached hydrogen (secondary N) is 2. The minimum absolute atomic E-state index is 0.0357. The highest BCUT2D eigenvalue weighted by Crippen LogP contribution is 2.26. The SMILES string of the molecule is CC(C)CN(c1ccnc(N[C@@H](C)c2cc3cc(Cl)c(F)cc3[nH]c2=O)c1)S(C)(=O)=O. The number of hydrogen-bond acceptors (Lipinski definition) is 5. The molecule has 31 heavy (non-hydrogen) atoms. The number of anilines is 2. The van der Waals surface area contributed by atoms with Crippen molar-refractivity contribution in [3.05, 3.63) is 63.3 Å². The summed E-state index contributed by atoms with van der Waals surface area (Å²) in [6.45, 7) is 5.98. The number of fused-ring (bicyclic) bond motifs is 1. The topological polar surface area (TPSA) is 95.2 Å². The molecule has 0 saturated carbocycles. The van der Waals surface area contributed by atoms with E-state index in [0.717, 1.165) is 6.26 Å². The summed E-state index contributed by atoms with van der Waals surface area (Å²) >= 11 is 5.86. The predicted molar refractivity (Wildman–Crippen MR) is 123 cm³/mol. The van der Waals surface area contributed by atoms with Crippen LogP contribution in [0.5, 0.6) is 0 Å². The standard InChI is InChI=1S/C21H24ClFN4O3S/c1-12(2)11-27(31(4,29)30)15-5-6-24-20(9-15)25-13(3)16-7-14-8-17(22)18(23)10-19(14)26-21(16)28/h5-10,12-13H,11H2,1-4H3,(H,24,25)(H,26,28)/t13-/m0/s1. The Bertz CT molecular complexity index is 1280. The van der Waals surface area contributed by atoms with Crippen LogP contribution < -0.4 is 15.2 Å². The maximum atomic E-state index is 13.7. The van der Waals surface area contributed by atoms with Crippen molar-refractivity contribution < 1.29 is 12.8 Å². The highest BCUT2D eigenvalue weighted by atomic mass is 35.5. The number of nitrogens with zero attached hydrogens (tertiary/aromatic N) is 2. The first kappa shape index (κ1) is 23.0. The quantitative estimate of drug-likeness (QED) is 0.541. The zero-order valence-corrected chi connectivity index (χ0v) is 19.2. The zero-order chi connectivity index (χ0) is 22.9. The molecule has 0 aliphatic heterocycles. The lowest BCUT2D eigenvalue weighted by atomic mass is 10.1. The number of sulfonamides is 1. The van der Waals surface area contributed by atoms with E-state index in [4.69, 9.17) is 11.6 Å². The lowest BCUT2D eigenvalue weighted by molar-refractivity contribution is 0.583. The number of halogens is 2. The van der Waals surface area contributed by atoms with Crippen LogP contribution in [0.1, 0.15) is 32.4 Å². The highest BCUT2D eigenvalue weighted by Gasteiger charge is 2.20. The van der Waals surface area contributed by atoms with E-state index in [1.807, 2.05) is 13.8 Å². The van der Waals surface area contributed by atoms with Gasteiger partial charge in [-0.05, 0) is 37.1 Å². The van der Waals surface area contributed by atoms with Crippen LogP contribution in [0.15, 0.2) is 41.3 Å². The average molecular weight is 467 g/mol. The maximum Gasteiger partial charge on any atom is 0.253 e. The van der Waals surface area contributed by atoms with Crippen molar-refractivity contribution in [1.29, 1.82) is 0 Å². The fourth-order valence-electron chi connectivity index (χ4n) is 3.26. The normalized spacial score (nSPS) is 12.9. The summed E-state index contributed by atoms with van der Waals surface area (Å²) < 4.78 is 39.5. The fraction of sp³-hybridized carbons (Fsp3) is 0.333. The molecule has 0 spiro atoms. The summed E-state index contributed by atoms with van der Waals surface area (Å²) in [6.07, 6.45) is 2.67. The number of pyridine rings is 2. The summed E-state index contributed by atoms with van der Waals surface area (Å²) in [7, 11) is -3.47. The van der Waals surface area contributed by atoms with E-state index in [-0.39, 0.29) is 16.5 Å². The van der Waals surface area contributed by atoms with Crippen LogP contribution in [-0.2, 0) is 10.0 Å². The third kappa shape index (κ3) is 5.34. The lowest BCUT2D eigenvalue weighted by Gasteiger charge is -2.25. The molecule has 0 bridgehead atoms. The van der Waals surface area contributed by atoms with Gasteiger partial charge in [-0.3, -0.25) is 9.10 Å². The lowest BCUT2D eigenvalue weighted by Crippen LogP contribution is -2.33. The van der Waals surface area contributed by atoms with Crippen molar-refractivity contribution in [3.63, 3.8) is 0 Å². The summed E-state index contributed by atoms with van der Waals surface area (Å²) in [5, 5.41) is 3.69. The summed E-state index contributed by atoms with van der Waals surface area (Å²) in [5.74, 6) is -0.0633. The van der Waals surface area contributed by atoms with Gasteiger partial charge in [-0.15, -0.1) is 0 Å². The van der Waals surface area contributed by atoms with Gasteiger partial charge in [0.2, 0.25) is 10.0 Å². The van der Waals surface area contributed by atoms with Gasteiger partial charge in [0.1, 0.15) is 11.6 Å². The van der Waals surface area contributed by atoms with Crippen LogP contribution in [0, 0.1) is 11.7 Å². The Kier molecular flexibility index (Phi) is 6.56. The van der Waals surface area contributed by atoms with Crippen LogP contribution in [0.4, 0.5) is 15.9 Å². The molecule has 2 aromatic heterocycles. The molecule has 3 rings (SSSR count). The molecule has 2 N–H and O–H groups in total. The second-order valence-electron chi connectivity index (χ2n) is 7.86. The minimum Gasteiger partial charge on any atom is -0.363 e. The Morgan fingerprint density at radius 3 is 2.58 bits per heavy atom. The molecule has 1 atom stereocenters. The summed E-state index contributed by atoms with van der Waals surface area (Å²) in [5.41, 5.74) is 0.864. The molecule has 0 aliphatic carbocycles. The number of aromatic nitrogens is 2. The molecule has 2 heterocycles. The third-order valence-electron chi connectivity index (χ3n) is 4.71. The molecule has 0 aliphatic rings. The Morgan fingerprint density at radius 1 is 1.23 bits per heavy atom. The molecule has 3 aromatic rings. The van der Waals surface area contributed by atoms with E-state index < -0.39 is 21.9 Å². The largest absolute Gasteiger partial charge is 0.363 e. The number of hydrogen-bond donors (Lipinski definition) is 2. The summed E-state index contributed by atoms with van der Waals surface area (Å²) in [4.78, 5) is 19.4. The van der Waals surface area contributed by atoms with Crippen molar-refractivity contribution in [2.45, 2.75) is 26.8 Å². The van der Waals surface area contributed by atoms with Crippen molar-refractivity contribution in [2.75, 3.05) is 22.4 Å². The van der Waals surface area contributed by atoms with E-state index in [9.17, 15) is 17.6 Å². The van der Waals surface area contributed by atoms with E-state index in [0.29, 0.717) is 34.5 Å². The van der Waals surface area contributed by atoms with Crippen molar-refractivity contribution in [2.24, 2.45) is 5.92 Å². The smallest absolute Gasteiger partial charge is 0.253 e. The zero-order valence-electron chi connectivity index (χ0n) is 17.6. The molecule has 1 aromatic carbocycles. The van der Waals surface area contributed by atoms with Crippen molar-refractivity contribution in [1.82, 2.24) is 9.97 Å². The second kappa shape index (κ2) is 8.84. The van der Waals surface area contributed by atoms with E-state index in [1.165, 1.54) is 22.6 Å². The average Bonchev–Trinajstić information content (AvgIpc) is 2.66. The van der Waals surface area contributed by atoms with Gasteiger partial charge in [0, 0.05) is 29.8 Å². The molecule has 166 valence electrons. The van der Waals surface area contributed by atoms with Gasteiger partial charge in [-0.2, -0.15) is 0 Å². The van der Waals surface area contributed by atoms with Gasteiger partial charge in [-0.1, -0.05) is 25.4 Å². The van der Waals surface area contributed by atoms with E-state index in [1.54, 1.807) is 25.1 Å². The Labute approximate surface area is 185 Å². The monoisotopic (exact) mass is 466 g/mol. The third-order valence-corrected chi connectivity index (χ3v) is 6.16. The van der Waals surface area contributed by atoms with Gasteiger partial charge in [-0.25, -0.2) is 17.8 Å². The fourth-order valence-corrected chi connectivity index (χ4v) is 4.49. The highest BCUT2D eigenvalue weighted by molar-refractivity contribution is 7.92. The van der Waals surface area contributed by atoms with Crippen LogP contribution in [0.2, 0.25) is 5.02 Å². The Hall–Kier alpha value is -2.65. The summed E-state index contributed by atoms with van der Waals surface area (Å²) in [6, 6.07) is 7.06. The van der Waals surface area contributed by atoms with Gasteiger partial charge in [0.05, 0.1) is 28.5 Å².